The number of aromatic nitrogens is 2. The van der Waals surface area contributed by atoms with E-state index in [1.807, 2.05) is 6.07 Å². The molecule has 15 heavy (non-hydrogen) atoms. The van der Waals surface area contributed by atoms with Gasteiger partial charge in [-0.3, -0.25) is 0 Å². The Hall–Kier alpha value is -0.680. The molecule has 0 atom stereocenters. The zero-order valence-electron chi connectivity index (χ0n) is 8.74. The Morgan fingerprint density at radius 3 is 2.80 bits per heavy atom. The van der Waals surface area contributed by atoms with Crippen molar-refractivity contribution in [3.63, 3.8) is 0 Å². The van der Waals surface area contributed by atoms with Gasteiger partial charge in [-0.1, -0.05) is 6.92 Å². The van der Waals surface area contributed by atoms with Gasteiger partial charge >= 0.3 is 0 Å². The summed E-state index contributed by atoms with van der Waals surface area (Å²) in [5.74, 6) is 1.88. The summed E-state index contributed by atoms with van der Waals surface area (Å²) in [6, 6.07) is 1.96. The van der Waals surface area contributed by atoms with E-state index in [0.29, 0.717) is 0 Å². The maximum atomic E-state index is 5.31. The topological polar surface area (TPSA) is 38.2 Å². The third-order valence-electron chi connectivity index (χ3n) is 2.38. The molecule has 82 valence electrons. The second kappa shape index (κ2) is 4.90. The van der Waals surface area contributed by atoms with E-state index in [-0.39, 0.29) is 0 Å². The summed E-state index contributed by atoms with van der Waals surface area (Å²) in [6.07, 6.45) is 0.858. The molecule has 0 radical (unpaired) electrons. The van der Waals surface area contributed by atoms with Crippen molar-refractivity contribution >= 4 is 21.7 Å². The van der Waals surface area contributed by atoms with Gasteiger partial charge in [0.2, 0.25) is 0 Å². The highest BCUT2D eigenvalue weighted by molar-refractivity contribution is 9.10. The number of hydrogen-bond acceptors (Lipinski definition) is 4. The molecule has 1 aromatic rings. The summed E-state index contributed by atoms with van der Waals surface area (Å²) < 4.78 is 6.17. The van der Waals surface area contributed by atoms with E-state index in [4.69, 9.17) is 4.74 Å². The van der Waals surface area contributed by atoms with Crippen LogP contribution in [-0.2, 0) is 11.2 Å². The van der Waals surface area contributed by atoms with E-state index < -0.39 is 0 Å². The minimum absolute atomic E-state index is 0.781. The van der Waals surface area contributed by atoms with Crippen molar-refractivity contribution in [2.45, 2.75) is 13.3 Å². The SMILES string of the molecule is CCc1nc(Br)cc(N2CCOCC2)n1. The van der Waals surface area contributed by atoms with Gasteiger partial charge in [0.05, 0.1) is 13.2 Å². The molecule has 0 spiro atoms. The summed E-state index contributed by atoms with van der Waals surface area (Å²) in [5.41, 5.74) is 0. The van der Waals surface area contributed by atoms with Gasteiger partial charge in [0, 0.05) is 25.6 Å². The molecule has 2 heterocycles. The molecule has 0 aliphatic carbocycles. The van der Waals surface area contributed by atoms with Crippen LogP contribution >= 0.6 is 15.9 Å². The minimum atomic E-state index is 0.781. The largest absolute Gasteiger partial charge is 0.378 e. The number of morpholine rings is 1. The van der Waals surface area contributed by atoms with Crippen molar-refractivity contribution in [2.75, 3.05) is 31.2 Å². The second-order valence-corrected chi connectivity index (χ2v) is 4.23. The summed E-state index contributed by atoms with van der Waals surface area (Å²) in [5, 5.41) is 0. The third-order valence-corrected chi connectivity index (χ3v) is 2.79. The van der Waals surface area contributed by atoms with Crippen molar-refractivity contribution < 1.29 is 4.74 Å². The van der Waals surface area contributed by atoms with Crippen LogP contribution in [0.1, 0.15) is 12.7 Å². The summed E-state index contributed by atoms with van der Waals surface area (Å²) in [6.45, 7) is 5.44. The van der Waals surface area contributed by atoms with Gasteiger partial charge in [-0.25, -0.2) is 9.97 Å². The Bertz CT molecular complexity index is 339. The Morgan fingerprint density at radius 2 is 2.13 bits per heavy atom. The zero-order valence-corrected chi connectivity index (χ0v) is 10.3. The van der Waals surface area contributed by atoms with Crippen molar-refractivity contribution in [3.05, 3.63) is 16.5 Å². The first kappa shape index (κ1) is 10.8. The van der Waals surface area contributed by atoms with Gasteiger partial charge < -0.3 is 9.64 Å². The Morgan fingerprint density at radius 1 is 1.40 bits per heavy atom. The number of ether oxygens (including phenoxy) is 1. The average molecular weight is 272 g/mol. The molecule has 0 N–H and O–H groups in total. The van der Waals surface area contributed by atoms with Crippen molar-refractivity contribution in [1.82, 2.24) is 9.97 Å². The fraction of sp³-hybridized carbons (Fsp3) is 0.600. The standard InChI is InChI=1S/C10H14BrN3O/c1-2-9-12-8(11)7-10(13-9)14-3-5-15-6-4-14/h7H,2-6H2,1H3. The molecule has 1 aliphatic rings. The van der Waals surface area contributed by atoms with Crippen LogP contribution in [0.5, 0.6) is 0 Å². The molecule has 1 saturated heterocycles. The summed E-state index contributed by atoms with van der Waals surface area (Å²) in [4.78, 5) is 11.0. The Balaban J connectivity index is 2.22. The molecule has 0 amide bonds. The van der Waals surface area contributed by atoms with Gasteiger partial charge in [-0.05, 0) is 15.9 Å². The van der Waals surface area contributed by atoms with Crippen LogP contribution in [0.25, 0.3) is 0 Å². The number of rotatable bonds is 2. The van der Waals surface area contributed by atoms with Crippen LogP contribution < -0.4 is 4.90 Å². The molecule has 1 aliphatic heterocycles. The zero-order chi connectivity index (χ0) is 10.7. The van der Waals surface area contributed by atoms with E-state index in [9.17, 15) is 0 Å². The molecule has 5 heteroatoms. The molecular formula is C10H14BrN3O. The van der Waals surface area contributed by atoms with Gasteiger partial charge in [-0.2, -0.15) is 0 Å². The maximum Gasteiger partial charge on any atom is 0.133 e. The number of anilines is 1. The molecule has 0 bridgehead atoms. The van der Waals surface area contributed by atoms with Gasteiger partial charge in [0.15, 0.2) is 0 Å². The number of nitrogens with zero attached hydrogens (tertiary/aromatic N) is 3. The Kier molecular flexibility index (Phi) is 3.53. The van der Waals surface area contributed by atoms with Crippen molar-refractivity contribution in [2.24, 2.45) is 0 Å². The molecule has 0 aromatic carbocycles. The summed E-state index contributed by atoms with van der Waals surface area (Å²) >= 11 is 3.41. The average Bonchev–Trinajstić information content (AvgIpc) is 2.29. The molecular weight excluding hydrogens is 258 g/mol. The fourth-order valence-electron chi connectivity index (χ4n) is 1.56. The lowest BCUT2D eigenvalue weighted by Gasteiger charge is -2.28. The third kappa shape index (κ3) is 2.66. The van der Waals surface area contributed by atoms with Crippen LogP contribution in [0.15, 0.2) is 10.7 Å². The van der Waals surface area contributed by atoms with E-state index in [1.54, 1.807) is 0 Å². The van der Waals surface area contributed by atoms with Crippen molar-refractivity contribution in [3.8, 4) is 0 Å². The monoisotopic (exact) mass is 271 g/mol. The number of hydrogen-bond donors (Lipinski definition) is 0. The minimum Gasteiger partial charge on any atom is -0.378 e. The quantitative estimate of drug-likeness (QED) is 0.767. The van der Waals surface area contributed by atoms with Crippen LogP contribution in [0.3, 0.4) is 0 Å². The van der Waals surface area contributed by atoms with Crippen LogP contribution in [0, 0.1) is 0 Å². The van der Waals surface area contributed by atoms with Crippen LogP contribution in [0.2, 0.25) is 0 Å². The molecule has 1 fully saturated rings. The second-order valence-electron chi connectivity index (χ2n) is 3.42. The highest BCUT2D eigenvalue weighted by Crippen LogP contribution is 2.17. The molecule has 4 nitrogen and oxygen atoms in total. The van der Waals surface area contributed by atoms with Gasteiger partial charge in [-0.15, -0.1) is 0 Å². The predicted octanol–water partition coefficient (Wildman–Crippen LogP) is 1.64. The lowest BCUT2D eigenvalue weighted by atomic mass is 10.4. The van der Waals surface area contributed by atoms with Gasteiger partial charge in [0.1, 0.15) is 16.2 Å². The first-order valence-electron chi connectivity index (χ1n) is 5.15. The molecule has 0 unspecified atom stereocenters. The normalized spacial score (nSPS) is 16.8. The first-order valence-corrected chi connectivity index (χ1v) is 5.95. The van der Waals surface area contributed by atoms with E-state index >= 15 is 0 Å². The molecule has 2 rings (SSSR count). The lowest BCUT2D eigenvalue weighted by Crippen LogP contribution is -2.36. The Labute approximate surface area is 97.8 Å². The first-order chi connectivity index (χ1) is 7.29. The predicted molar refractivity (Wildman–Crippen MR) is 62.1 cm³/mol. The molecule has 1 aromatic heterocycles. The van der Waals surface area contributed by atoms with E-state index in [2.05, 4.69) is 37.7 Å². The maximum absolute atomic E-state index is 5.31. The van der Waals surface area contributed by atoms with E-state index in [0.717, 1.165) is 49.0 Å². The fourth-order valence-corrected chi connectivity index (χ4v) is 1.97. The highest BCUT2D eigenvalue weighted by atomic mass is 79.9. The highest BCUT2D eigenvalue weighted by Gasteiger charge is 2.13. The number of halogens is 1. The van der Waals surface area contributed by atoms with E-state index in [1.165, 1.54) is 0 Å². The van der Waals surface area contributed by atoms with Crippen LogP contribution in [0.4, 0.5) is 5.82 Å². The molecule has 0 saturated carbocycles. The smallest absolute Gasteiger partial charge is 0.133 e. The van der Waals surface area contributed by atoms with Crippen molar-refractivity contribution in [1.29, 1.82) is 0 Å². The lowest BCUT2D eigenvalue weighted by molar-refractivity contribution is 0.122. The van der Waals surface area contributed by atoms with Crippen LogP contribution in [-0.4, -0.2) is 36.3 Å². The summed E-state index contributed by atoms with van der Waals surface area (Å²) in [7, 11) is 0. The number of aryl methyl sites for hydroxylation is 1. The van der Waals surface area contributed by atoms with Gasteiger partial charge in [0.25, 0.3) is 0 Å².